The van der Waals surface area contributed by atoms with E-state index in [4.69, 9.17) is 16.3 Å². The minimum Gasteiger partial charge on any atom is -0.492 e. The molecule has 0 aromatic heterocycles. The third-order valence-corrected chi connectivity index (χ3v) is 4.15. The molecule has 130 valence electrons. The Balaban J connectivity index is 2.09. The predicted molar refractivity (Wildman–Crippen MR) is 98.5 cm³/mol. The van der Waals surface area contributed by atoms with Crippen molar-refractivity contribution in [2.45, 2.75) is 20.3 Å². The number of nitrogens with zero attached hydrogens (tertiary/aromatic N) is 1. The van der Waals surface area contributed by atoms with Crippen molar-refractivity contribution in [3.63, 3.8) is 0 Å². The molecule has 0 bridgehead atoms. The lowest BCUT2D eigenvalue weighted by Gasteiger charge is -2.18. The number of nitrogens with one attached hydrogen (secondary N) is 2. The topological polar surface area (TPSA) is 53.6 Å². The van der Waals surface area contributed by atoms with Crippen molar-refractivity contribution in [1.29, 1.82) is 0 Å². The highest BCUT2D eigenvalue weighted by Gasteiger charge is 2.03. The number of hydrogen-bond acceptors (Lipinski definition) is 3. The summed E-state index contributed by atoms with van der Waals surface area (Å²) in [7, 11) is 0. The molecule has 0 spiro atoms. The maximum Gasteiger partial charge on any atom is 0.314 e. The van der Waals surface area contributed by atoms with Gasteiger partial charge in [-0.2, -0.15) is 0 Å². The fourth-order valence-electron chi connectivity index (χ4n) is 1.98. The second-order valence-corrected chi connectivity index (χ2v) is 6.31. The van der Waals surface area contributed by atoms with Gasteiger partial charge in [-0.05, 0) is 37.7 Å². The van der Waals surface area contributed by atoms with E-state index in [0.717, 1.165) is 30.5 Å². The summed E-state index contributed by atoms with van der Waals surface area (Å²) in [4.78, 5) is 13.9. The molecule has 0 saturated heterocycles. The summed E-state index contributed by atoms with van der Waals surface area (Å²) >= 11 is 9.41. The minimum absolute atomic E-state index is 0.140. The van der Waals surface area contributed by atoms with Gasteiger partial charge in [0.25, 0.3) is 0 Å². The van der Waals surface area contributed by atoms with Crippen LogP contribution in [0.5, 0.6) is 5.75 Å². The van der Waals surface area contributed by atoms with Crippen LogP contribution >= 0.6 is 27.5 Å². The molecule has 2 amide bonds. The Morgan fingerprint density at radius 2 is 1.96 bits per heavy atom. The van der Waals surface area contributed by atoms with Crippen LogP contribution < -0.4 is 15.4 Å². The van der Waals surface area contributed by atoms with Crippen LogP contribution in [0.4, 0.5) is 4.79 Å². The Labute approximate surface area is 151 Å². The van der Waals surface area contributed by atoms with Gasteiger partial charge in [-0.3, -0.25) is 0 Å². The van der Waals surface area contributed by atoms with Gasteiger partial charge in [-0.15, -0.1) is 0 Å². The number of carbonyl (C=O) groups is 1. The van der Waals surface area contributed by atoms with E-state index in [2.05, 4.69) is 45.3 Å². The molecule has 23 heavy (non-hydrogen) atoms. The van der Waals surface area contributed by atoms with E-state index < -0.39 is 0 Å². The van der Waals surface area contributed by atoms with Crippen LogP contribution in [0.15, 0.2) is 22.7 Å². The van der Waals surface area contributed by atoms with Crippen LogP contribution in [-0.4, -0.2) is 50.3 Å². The standard InChI is InChI=1S/C16H25BrClN3O2/c1-3-21(4-2)10-9-20-16(22)19-8-5-11-23-15-7-6-13(17)12-14(15)18/h6-7,12H,3-5,8-11H2,1-2H3,(H2,19,20,22). The Morgan fingerprint density at radius 3 is 2.61 bits per heavy atom. The third kappa shape index (κ3) is 8.44. The lowest BCUT2D eigenvalue weighted by molar-refractivity contribution is 0.235. The van der Waals surface area contributed by atoms with Gasteiger partial charge in [0.05, 0.1) is 11.6 Å². The number of likely N-dealkylation sites (N-methyl/N-ethyl adjacent to an activating group) is 1. The number of benzene rings is 1. The van der Waals surface area contributed by atoms with Gasteiger partial charge >= 0.3 is 6.03 Å². The summed E-state index contributed by atoms with van der Waals surface area (Å²) in [5.41, 5.74) is 0. The third-order valence-electron chi connectivity index (χ3n) is 3.37. The van der Waals surface area contributed by atoms with Crippen LogP contribution in [0.2, 0.25) is 5.02 Å². The Bertz CT molecular complexity index is 484. The van der Waals surface area contributed by atoms with Crippen molar-refractivity contribution >= 4 is 33.6 Å². The van der Waals surface area contributed by atoms with Gasteiger partial charge in [0.15, 0.2) is 0 Å². The minimum atomic E-state index is -0.140. The van der Waals surface area contributed by atoms with Crippen molar-refractivity contribution in [2.24, 2.45) is 0 Å². The summed E-state index contributed by atoms with van der Waals surface area (Å²) in [5, 5.41) is 6.23. The van der Waals surface area contributed by atoms with E-state index in [9.17, 15) is 4.79 Å². The smallest absolute Gasteiger partial charge is 0.314 e. The number of halogens is 2. The molecule has 5 nitrogen and oxygen atoms in total. The zero-order valence-electron chi connectivity index (χ0n) is 13.7. The van der Waals surface area contributed by atoms with Crippen molar-refractivity contribution in [2.75, 3.05) is 39.3 Å². The maximum atomic E-state index is 11.6. The number of ether oxygens (including phenoxy) is 1. The second kappa shape index (κ2) is 11.5. The summed E-state index contributed by atoms with van der Waals surface area (Å²) in [5.74, 6) is 0.651. The van der Waals surface area contributed by atoms with Crippen LogP contribution in [-0.2, 0) is 0 Å². The van der Waals surface area contributed by atoms with Gasteiger partial charge in [0.1, 0.15) is 5.75 Å². The van der Waals surface area contributed by atoms with E-state index in [1.807, 2.05) is 12.1 Å². The molecule has 2 N–H and O–H groups in total. The van der Waals surface area contributed by atoms with Gasteiger partial charge in [-0.25, -0.2) is 4.79 Å². The molecule has 0 aliphatic heterocycles. The SMILES string of the molecule is CCN(CC)CCNC(=O)NCCCOc1ccc(Br)cc1Cl. The molecule has 0 saturated carbocycles. The lowest BCUT2D eigenvalue weighted by atomic mass is 10.3. The highest BCUT2D eigenvalue weighted by molar-refractivity contribution is 9.10. The summed E-state index contributed by atoms with van der Waals surface area (Å²) in [6.45, 7) is 8.80. The first-order valence-electron chi connectivity index (χ1n) is 7.88. The lowest BCUT2D eigenvalue weighted by Crippen LogP contribution is -2.40. The number of amides is 2. The molecule has 1 rings (SSSR count). The first kappa shape index (κ1) is 20.1. The summed E-state index contributed by atoms with van der Waals surface area (Å²) in [6.07, 6.45) is 0.718. The molecule has 1 aromatic carbocycles. The van der Waals surface area contributed by atoms with Crippen molar-refractivity contribution < 1.29 is 9.53 Å². The first-order chi connectivity index (χ1) is 11.1. The van der Waals surface area contributed by atoms with Crippen LogP contribution in [0.3, 0.4) is 0 Å². The molecule has 0 atom stereocenters. The molecule has 0 aliphatic rings. The van der Waals surface area contributed by atoms with Gasteiger partial charge in [-0.1, -0.05) is 41.4 Å². The first-order valence-corrected chi connectivity index (χ1v) is 9.05. The van der Waals surface area contributed by atoms with E-state index in [1.54, 1.807) is 6.07 Å². The Morgan fingerprint density at radius 1 is 1.26 bits per heavy atom. The normalized spacial score (nSPS) is 10.7. The number of urea groups is 1. The van der Waals surface area contributed by atoms with Gasteiger partial charge in [0, 0.05) is 24.1 Å². The molecular formula is C16H25BrClN3O2. The van der Waals surface area contributed by atoms with Gasteiger partial charge < -0.3 is 20.3 Å². The molecule has 0 heterocycles. The largest absolute Gasteiger partial charge is 0.492 e. The molecule has 0 unspecified atom stereocenters. The second-order valence-electron chi connectivity index (χ2n) is 4.99. The van der Waals surface area contributed by atoms with Crippen molar-refractivity contribution in [3.8, 4) is 5.75 Å². The van der Waals surface area contributed by atoms with Crippen LogP contribution in [0.25, 0.3) is 0 Å². The maximum absolute atomic E-state index is 11.6. The number of hydrogen-bond donors (Lipinski definition) is 2. The van der Waals surface area contributed by atoms with Crippen LogP contribution in [0.1, 0.15) is 20.3 Å². The average Bonchev–Trinajstić information content (AvgIpc) is 2.53. The summed E-state index contributed by atoms with van der Waals surface area (Å²) in [6, 6.07) is 5.35. The van der Waals surface area contributed by atoms with Gasteiger partial charge in [0.2, 0.25) is 0 Å². The number of rotatable bonds is 10. The fraction of sp³-hybridized carbons (Fsp3) is 0.562. The molecule has 0 aliphatic carbocycles. The zero-order chi connectivity index (χ0) is 17.1. The van der Waals surface area contributed by atoms with E-state index in [1.165, 1.54) is 0 Å². The summed E-state index contributed by atoms with van der Waals surface area (Å²) < 4.78 is 6.50. The predicted octanol–water partition coefficient (Wildman–Crippen LogP) is 3.51. The van der Waals surface area contributed by atoms with E-state index in [-0.39, 0.29) is 6.03 Å². The molecule has 0 radical (unpaired) electrons. The average molecular weight is 407 g/mol. The monoisotopic (exact) mass is 405 g/mol. The van der Waals surface area contributed by atoms with E-state index >= 15 is 0 Å². The molecule has 7 heteroatoms. The van der Waals surface area contributed by atoms with Crippen LogP contribution in [0, 0.1) is 0 Å². The number of carbonyl (C=O) groups excluding carboxylic acids is 1. The highest BCUT2D eigenvalue weighted by Crippen LogP contribution is 2.27. The highest BCUT2D eigenvalue weighted by atomic mass is 79.9. The Hall–Kier alpha value is -0.980. The fourth-order valence-corrected chi connectivity index (χ4v) is 2.71. The molecular weight excluding hydrogens is 382 g/mol. The Kier molecular flexibility index (Phi) is 10.1. The van der Waals surface area contributed by atoms with E-state index in [0.29, 0.717) is 30.5 Å². The van der Waals surface area contributed by atoms with Crippen molar-refractivity contribution in [3.05, 3.63) is 27.7 Å². The zero-order valence-corrected chi connectivity index (χ0v) is 16.0. The van der Waals surface area contributed by atoms with Crippen molar-refractivity contribution in [1.82, 2.24) is 15.5 Å². The molecule has 1 aromatic rings. The quantitative estimate of drug-likeness (QED) is 0.585. The molecule has 0 fully saturated rings.